The monoisotopic (exact) mass is 345 g/mol. The van der Waals surface area contributed by atoms with Gasteiger partial charge < -0.3 is 15.5 Å². The molecular formula is C17H16ClN3O3. The topological polar surface area (TPSA) is 79.8 Å². The summed E-state index contributed by atoms with van der Waals surface area (Å²) in [6.45, 7) is -0.221. The number of rotatable bonds is 6. The number of anilines is 1. The first kappa shape index (κ1) is 17.5. The van der Waals surface area contributed by atoms with Crippen LogP contribution in [0.4, 0.5) is 5.69 Å². The summed E-state index contributed by atoms with van der Waals surface area (Å²) in [7, 11) is 1.56. The predicted octanol–water partition coefficient (Wildman–Crippen LogP) is 2.69. The molecule has 24 heavy (non-hydrogen) atoms. The van der Waals surface area contributed by atoms with Crippen molar-refractivity contribution in [3.8, 4) is 0 Å². The Morgan fingerprint density at radius 3 is 2.42 bits per heavy atom. The van der Waals surface area contributed by atoms with E-state index in [1.807, 2.05) is 0 Å². The molecule has 0 unspecified atom stereocenters. The third kappa shape index (κ3) is 5.40. The van der Waals surface area contributed by atoms with Crippen molar-refractivity contribution in [3.05, 3.63) is 64.7 Å². The lowest BCUT2D eigenvalue weighted by Gasteiger charge is -2.05. The van der Waals surface area contributed by atoms with Gasteiger partial charge in [-0.25, -0.2) is 0 Å². The van der Waals surface area contributed by atoms with Crippen molar-refractivity contribution < 1.29 is 14.4 Å². The molecule has 2 rings (SSSR count). The molecule has 0 aliphatic rings. The van der Waals surface area contributed by atoms with Crippen LogP contribution in [0.2, 0.25) is 5.02 Å². The number of hydrogen-bond acceptors (Lipinski definition) is 4. The quantitative estimate of drug-likeness (QED) is 0.624. The van der Waals surface area contributed by atoms with Gasteiger partial charge in [-0.2, -0.15) is 0 Å². The van der Waals surface area contributed by atoms with Crippen LogP contribution >= 0.6 is 11.6 Å². The van der Waals surface area contributed by atoms with Crippen LogP contribution in [0.25, 0.3) is 0 Å². The van der Waals surface area contributed by atoms with E-state index in [1.165, 1.54) is 6.21 Å². The number of nitrogens with zero attached hydrogens (tertiary/aromatic N) is 1. The average Bonchev–Trinajstić information content (AvgIpc) is 2.60. The van der Waals surface area contributed by atoms with Crippen molar-refractivity contribution in [2.75, 3.05) is 19.0 Å². The highest BCUT2D eigenvalue weighted by Crippen LogP contribution is 2.10. The van der Waals surface area contributed by atoms with Crippen LogP contribution in [0.15, 0.2) is 53.7 Å². The number of nitrogens with one attached hydrogen (secondary N) is 2. The molecule has 0 spiro atoms. The third-order valence-electron chi connectivity index (χ3n) is 3.00. The molecule has 2 aromatic rings. The summed E-state index contributed by atoms with van der Waals surface area (Å²) in [6.07, 6.45) is 1.49. The Labute approximate surface area is 144 Å². The van der Waals surface area contributed by atoms with Gasteiger partial charge in [0.05, 0.1) is 6.21 Å². The lowest BCUT2D eigenvalue weighted by atomic mass is 10.2. The molecule has 0 saturated carbocycles. The van der Waals surface area contributed by atoms with Crippen LogP contribution in [0.1, 0.15) is 15.9 Å². The number of carbonyl (C=O) groups is 2. The lowest BCUT2D eigenvalue weighted by Crippen LogP contribution is -2.19. The number of amides is 2. The first-order valence-corrected chi connectivity index (χ1v) is 7.49. The molecule has 0 radical (unpaired) electrons. The zero-order valence-corrected chi connectivity index (χ0v) is 13.7. The maximum absolute atomic E-state index is 11.7. The second-order valence-electron chi connectivity index (χ2n) is 4.76. The van der Waals surface area contributed by atoms with Gasteiger partial charge in [-0.15, -0.1) is 0 Å². The third-order valence-corrected chi connectivity index (χ3v) is 3.25. The predicted molar refractivity (Wildman–Crippen MR) is 93.5 cm³/mol. The fraction of sp³-hybridized carbons (Fsp3) is 0.118. The molecule has 0 aromatic heterocycles. The van der Waals surface area contributed by atoms with Gasteiger partial charge in [0, 0.05) is 23.3 Å². The minimum atomic E-state index is -0.351. The first-order valence-electron chi connectivity index (χ1n) is 7.11. The molecule has 0 heterocycles. The molecule has 0 aliphatic carbocycles. The SMILES string of the molecule is CNC(=O)c1ccc(NC(=O)CO/N=C/c2ccc(Cl)cc2)cc1. The second kappa shape index (κ2) is 8.69. The van der Waals surface area contributed by atoms with Crippen molar-refractivity contribution >= 4 is 35.3 Å². The maximum atomic E-state index is 11.7. The summed E-state index contributed by atoms with van der Waals surface area (Å²) in [4.78, 5) is 28.1. The van der Waals surface area contributed by atoms with Crippen molar-refractivity contribution in [3.63, 3.8) is 0 Å². The molecule has 0 saturated heterocycles. The summed E-state index contributed by atoms with van der Waals surface area (Å²) >= 11 is 5.78. The zero-order chi connectivity index (χ0) is 17.4. The van der Waals surface area contributed by atoms with E-state index < -0.39 is 0 Å². The fourth-order valence-corrected chi connectivity index (χ4v) is 1.92. The van der Waals surface area contributed by atoms with Crippen LogP contribution in [-0.2, 0) is 9.63 Å². The van der Waals surface area contributed by atoms with E-state index in [9.17, 15) is 9.59 Å². The van der Waals surface area contributed by atoms with Gasteiger partial charge in [0.25, 0.3) is 11.8 Å². The Morgan fingerprint density at radius 1 is 1.12 bits per heavy atom. The molecule has 0 bridgehead atoms. The molecule has 0 aliphatic heterocycles. The van der Waals surface area contributed by atoms with Crippen LogP contribution in [0, 0.1) is 0 Å². The van der Waals surface area contributed by atoms with Gasteiger partial charge in [0.2, 0.25) is 0 Å². The molecule has 2 aromatic carbocycles. The van der Waals surface area contributed by atoms with Gasteiger partial charge in [-0.1, -0.05) is 28.9 Å². The van der Waals surface area contributed by atoms with Gasteiger partial charge in [-0.05, 0) is 42.0 Å². The second-order valence-corrected chi connectivity index (χ2v) is 5.20. The number of hydrogen-bond donors (Lipinski definition) is 2. The van der Waals surface area contributed by atoms with Gasteiger partial charge in [-0.3, -0.25) is 9.59 Å². The smallest absolute Gasteiger partial charge is 0.265 e. The summed E-state index contributed by atoms with van der Waals surface area (Å²) < 4.78 is 0. The van der Waals surface area contributed by atoms with Gasteiger partial charge in [0.15, 0.2) is 6.61 Å². The molecule has 2 N–H and O–H groups in total. The Hall–Kier alpha value is -2.86. The van der Waals surface area contributed by atoms with E-state index in [-0.39, 0.29) is 18.4 Å². The Bertz CT molecular complexity index is 728. The van der Waals surface area contributed by atoms with Crippen LogP contribution < -0.4 is 10.6 Å². The standard InChI is InChI=1S/C17H16ClN3O3/c1-19-17(23)13-4-8-15(9-5-13)21-16(22)11-24-20-10-12-2-6-14(18)7-3-12/h2-10H,11H2,1H3,(H,19,23)(H,21,22)/b20-10+. The normalized spacial score (nSPS) is 10.4. The van der Waals surface area contributed by atoms with Crippen molar-refractivity contribution in [2.45, 2.75) is 0 Å². The maximum Gasteiger partial charge on any atom is 0.265 e. The molecule has 2 amide bonds. The minimum Gasteiger partial charge on any atom is -0.386 e. The van der Waals surface area contributed by atoms with E-state index in [0.29, 0.717) is 16.3 Å². The molecule has 124 valence electrons. The fourth-order valence-electron chi connectivity index (χ4n) is 1.79. The average molecular weight is 346 g/mol. The number of oxime groups is 1. The van der Waals surface area contributed by atoms with E-state index in [2.05, 4.69) is 15.8 Å². The number of halogens is 1. The minimum absolute atomic E-state index is 0.187. The van der Waals surface area contributed by atoms with E-state index >= 15 is 0 Å². The Kier molecular flexibility index (Phi) is 6.33. The van der Waals surface area contributed by atoms with Crippen LogP contribution in [-0.4, -0.2) is 31.7 Å². The highest BCUT2D eigenvalue weighted by Gasteiger charge is 2.05. The first-order chi connectivity index (χ1) is 11.6. The summed E-state index contributed by atoms with van der Waals surface area (Å²) in [5.74, 6) is -0.538. The van der Waals surface area contributed by atoms with Crippen LogP contribution in [0.5, 0.6) is 0 Å². The zero-order valence-electron chi connectivity index (χ0n) is 13.0. The Morgan fingerprint density at radius 2 is 1.79 bits per heavy atom. The molecule has 7 heteroatoms. The number of benzene rings is 2. The van der Waals surface area contributed by atoms with E-state index in [1.54, 1.807) is 55.6 Å². The highest BCUT2D eigenvalue weighted by molar-refractivity contribution is 6.30. The summed E-state index contributed by atoms with van der Waals surface area (Å²) in [5, 5.41) is 9.52. The van der Waals surface area contributed by atoms with Gasteiger partial charge in [0.1, 0.15) is 0 Å². The van der Waals surface area contributed by atoms with Crippen molar-refractivity contribution in [1.82, 2.24) is 5.32 Å². The lowest BCUT2D eigenvalue weighted by molar-refractivity contribution is -0.120. The molecule has 6 nitrogen and oxygen atoms in total. The van der Waals surface area contributed by atoms with E-state index in [0.717, 1.165) is 5.56 Å². The van der Waals surface area contributed by atoms with E-state index in [4.69, 9.17) is 16.4 Å². The molecular weight excluding hydrogens is 330 g/mol. The summed E-state index contributed by atoms with van der Waals surface area (Å²) in [6, 6.07) is 13.5. The van der Waals surface area contributed by atoms with Crippen molar-refractivity contribution in [1.29, 1.82) is 0 Å². The largest absolute Gasteiger partial charge is 0.386 e. The highest BCUT2D eigenvalue weighted by atomic mass is 35.5. The molecule has 0 fully saturated rings. The van der Waals surface area contributed by atoms with Gasteiger partial charge >= 0.3 is 0 Å². The Balaban J connectivity index is 1.78. The van der Waals surface area contributed by atoms with Crippen LogP contribution in [0.3, 0.4) is 0 Å². The number of carbonyl (C=O) groups excluding carboxylic acids is 2. The molecule has 0 atom stereocenters. The summed E-state index contributed by atoms with van der Waals surface area (Å²) in [5.41, 5.74) is 1.89. The van der Waals surface area contributed by atoms with Crippen molar-refractivity contribution in [2.24, 2.45) is 5.16 Å².